The van der Waals surface area contributed by atoms with Crippen LogP contribution in [-0.2, 0) is 0 Å². The van der Waals surface area contributed by atoms with Crippen molar-refractivity contribution in [3.8, 4) is 0 Å². The molecule has 35 heavy (non-hydrogen) atoms. The first-order chi connectivity index (χ1) is 17.3. The molecule has 0 aromatic carbocycles. The maximum Gasteiger partial charge on any atom is 0.109 e. The highest BCUT2D eigenvalue weighted by atomic mass is 32.2. The van der Waals surface area contributed by atoms with E-state index >= 15 is 0 Å². The van der Waals surface area contributed by atoms with Gasteiger partial charge in [-0.25, -0.2) is 0 Å². The normalized spacial score (nSPS) is 11.9. The minimum atomic E-state index is 1.04. The summed E-state index contributed by atoms with van der Waals surface area (Å²) >= 11 is 2.09. The van der Waals surface area contributed by atoms with E-state index in [1.807, 2.05) is 0 Å². The fraction of sp³-hybridized carbons (Fsp3) is 0.969. The second-order valence-corrected chi connectivity index (χ2v) is 11.8. The molecule has 0 aromatic heterocycles. The van der Waals surface area contributed by atoms with Crippen molar-refractivity contribution in [3.05, 3.63) is 0 Å². The number of rotatable bonds is 28. The molecule has 0 spiro atoms. The fourth-order valence-electron chi connectivity index (χ4n) is 4.67. The quantitative estimate of drug-likeness (QED) is 0.0450. The molecule has 0 atom stereocenters. The molecular weight excluding hydrogens is 444 g/mol. The van der Waals surface area contributed by atoms with Gasteiger partial charge in [0, 0.05) is 25.3 Å². The predicted molar refractivity (Wildman–Crippen MR) is 165 cm³/mol. The molecule has 0 heterocycles. The standard InChI is InChI=1S/C32H66N2S/c1-5-9-12-15-18-21-24-27-31-35-34(30-26-23-20-17-14-11-7-3)32(28-8-4)33-29-25-22-19-16-13-10-6-2/h5-31H2,1-4H3/b33-32+. The zero-order chi connectivity index (χ0) is 25.7. The van der Waals surface area contributed by atoms with Gasteiger partial charge in [-0.15, -0.1) is 0 Å². The molecule has 0 rings (SSSR count). The lowest BCUT2D eigenvalue weighted by Crippen LogP contribution is -2.26. The molecule has 0 saturated heterocycles. The van der Waals surface area contributed by atoms with Crippen LogP contribution in [-0.4, -0.2) is 29.0 Å². The van der Waals surface area contributed by atoms with Crippen molar-refractivity contribution in [2.45, 2.75) is 182 Å². The lowest BCUT2D eigenvalue weighted by atomic mass is 10.1. The van der Waals surface area contributed by atoms with E-state index in [4.69, 9.17) is 4.99 Å². The van der Waals surface area contributed by atoms with Crippen LogP contribution < -0.4 is 0 Å². The Labute approximate surface area is 227 Å². The molecule has 0 aromatic rings. The zero-order valence-corrected chi connectivity index (χ0v) is 25.7. The summed E-state index contributed by atoms with van der Waals surface area (Å²) in [6.45, 7) is 11.5. The summed E-state index contributed by atoms with van der Waals surface area (Å²) < 4.78 is 2.62. The van der Waals surface area contributed by atoms with E-state index in [0.717, 1.165) is 13.0 Å². The third-order valence-corrected chi connectivity index (χ3v) is 8.20. The smallest absolute Gasteiger partial charge is 0.109 e. The van der Waals surface area contributed by atoms with Crippen molar-refractivity contribution in [2.75, 3.05) is 18.8 Å². The Bertz CT molecular complexity index is 424. The number of unbranched alkanes of at least 4 members (excludes halogenated alkanes) is 19. The molecule has 0 aliphatic heterocycles. The topological polar surface area (TPSA) is 15.6 Å². The maximum atomic E-state index is 5.17. The monoisotopic (exact) mass is 510 g/mol. The summed E-state index contributed by atoms with van der Waals surface area (Å²) in [6, 6.07) is 0. The third-order valence-electron chi connectivity index (χ3n) is 7.03. The van der Waals surface area contributed by atoms with E-state index in [-0.39, 0.29) is 0 Å². The summed E-state index contributed by atoms with van der Waals surface area (Å²) in [4.78, 5) is 5.17. The molecule has 0 saturated carbocycles. The van der Waals surface area contributed by atoms with Crippen LogP contribution in [0.2, 0.25) is 0 Å². The fourth-order valence-corrected chi connectivity index (χ4v) is 5.78. The molecule has 0 N–H and O–H groups in total. The Morgan fingerprint density at radius 1 is 0.486 bits per heavy atom. The molecule has 0 fully saturated rings. The highest BCUT2D eigenvalue weighted by molar-refractivity contribution is 7.97. The molecule has 3 heteroatoms. The number of aliphatic imine (C=N–C) groups is 1. The van der Waals surface area contributed by atoms with E-state index in [2.05, 4.69) is 43.9 Å². The molecular formula is C32H66N2S. The van der Waals surface area contributed by atoms with Crippen LogP contribution in [0.1, 0.15) is 182 Å². The van der Waals surface area contributed by atoms with Gasteiger partial charge in [0.15, 0.2) is 0 Å². The first kappa shape index (κ1) is 34.8. The van der Waals surface area contributed by atoms with Crippen molar-refractivity contribution in [2.24, 2.45) is 4.99 Å². The van der Waals surface area contributed by atoms with Crippen LogP contribution in [0.15, 0.2) is 4.99 Å². The Kier molecular flexibility index (Phi) is 29.9. The minimum absolute atomic E-state index is 1.04. The third kappa shape index (κ3) is 25.3. The van der Waals surface area contributed by atoms with Crippen LogP contribution in [0.25, 0.3) is 0 Å². The Balaban J connectivity index is 4.44. The van der Waals surface area contributed by atoms with Gasteiger partial charge in [0.05, 0.1) is 0 Å². The minimum Gasteiger partial charge on any atom is -0.304 e. The van der Waals surface area contributed by atoms with Crippen molar-refractivity contribution >= 4 is 17.8 Å². The Hall–Kier alpha value is -0.180. The average Bonchev–Trinajstić information content (AvgIpc) is 2.87. The molecule has 210 valence electrons. The van der Waals surface area contributed by atoms with Gasteiger partial charge in [-0.2, -0.15) is 0 Å². The van der Waals surface area contributed by atoms with Gasteiger partial charge in [0.25, 0.3) is 0 Å². The summed E-state index contributed by atoms with van der Waals surface area (Å²) in [7, 11) is 0. The molecule has 0 aliphatic carbocycles. The zero-order valence-electron chi connectivity index (χ0n) is 24.9. The van der Waals surface area contributed by atoms with Crippen molar-refractivity contribution in [3.63, 3.8) is 0 Å². The van der Waals surface area contributed by atoms with Crippen LogP contribution in [0.4, 0.5) is 0 Å². The maximum absolute atomic E-state index is 5.17. The van der Waals surface area contributed by atoms with Crippen LogP contribution in [0.5, 0.6) is 0 Å². The van der Waals surface area contributed by atoms with E-state index in [1.54, 1.807) is 0 Å². The lowest BCUT2D eigenvalue weighted by Gasteiger charge is -2.25. The van der Waals surface area contributed by atoms with E-state index in [0.29, 0.717) is 0 Å². The van der Waals surface area contributed by atoms with Crippen LogP contribution in [0.3, 0.4) is 0 Å². The molecule has 0 amide bonds. The van der Waals surface area contributed by atoms with Crippen molar-refractivity contribution < 1.29 is 0 Å². The largest absolute Gasteiger partial charge is 0.304 e. The number of amidine groups is 1. The van der Waals surface area contributed by atoms with E-state index in [9.17, 15) is 0 Å². The second kappa shape index (κ2) is 30.0. The van der Waals surface area contributed by atoms with Gasteiger partial charge in [0.2, 0.25) is 0 Å². The SMILES string of the molecule is CCCCCCCCCCSN(CCCCCCCCC)/C(CCC)=N/CCCCCCCCC. The number of hydrogen-bond donors (Lipinski definition) is 0. The molecule has 2 nitrogen and oxygen atoms in total. The van der Waals surface area contributed by atoms with Crippen LogP contribution >= 0.6 is 11.9 Å². The summed E-state index contributed by atoms with van der Waals surface area (Å²) in [6.07, 6.45) is 33.0. The highest BCUT2D eigenvalue weighted by Gasteiger charge is 2.11. The van der Waals surface area contributed by atoms with Gasteiger partial charge in [-0.05, 0) is 37.6 Å². The first-order valence-corrected chi connectivity index (χ1v) is 17.2. The summed E-state index contributed by atoms with van der Waals surface area (Å²) in [5, 5.41) is 0. The molecule has 0 aliphatic rings. The number of nitrogens with zero attached hydrogens (tertiary/aromatic N) is 2. The van der Waals surface area contributed by atoms with Gasteiger partial charge in [-0.1, -0.05) is 150 Å². The van der Waals surface area contributed by atoms with E-state index in [1.165, 1.54) is 166 Å². The summed E-state index contributed by atoms with van der Waals surface area (Å²) in [5.74, 6) is 2.67. The number of hydrogen-bond acceptors (Lipinski definition) is 2. The predicted octanol–water partition coefficient (Wildman–Crippen LogP) is 11.8. The molecule has 0 bridgehead atoms. The second-order valence-electron chi connectivity index (χ2n) is 10.7. The molecule has 0 radical (unpaired) electrons. The van der Waals surface area contributed by atoms with Crippen LogP contribution in [0, 0.1) is 0 Å². The van der Waals surface area contributed by atoms with Gasteiger partial charge in [-0.3, -0.25) is 4.99 Å². The highest BCUT2D eigenvalue weighted by Crippen LogP contribution is 2.20. The van der Waals surface area contributed by atoms with E-state index < -0.39 is 0 Å². The van der Waals surface area contributed by atoms with Gasteiger partial charge in [0.1, 0.15) is 5.84 Å². The summed E-state index contributed by atoms with van der Waals surface area (Å²) in [5.41, 5.74) is 0. The van der Waals surface area contributed by atoms with Crippen molar-refractivity contribution in [1.82, 2.24) is 4.31 Å². The lowest BCUT2D eigenvalue weighted by molar-refractivity contribution is 0.540. The molecule has 0 unspecified atom stereocenters. The Morgan fingerprint density at radius 2 is 0.914 bits per heavy atom. The van der Waals surface area contributed by atoms with Gasteiger partial charge >= 0.3 is 0 Å². The first-order valence-electron chi connectivity index (χ1n) is 16.2. The van der Waals surface area contributed by atoms with Gasteiger partial charge < -0.3 is 4.31 Å². The average molecular weight is 511 g/mol. The van der Waals surface area contributed by atoms with Crippen molar-refractivity contribution in [1.29, 1.82) is 0 Å². The Morgan fingerprint density at radius 3 is 1.40 bits per heavy atom.